The topological polar surface area (TPSA) is 86.5 Å². The van der Waals surface area contributed by atoms with Crippen LogP contribution in [0.2, 0.25) is 0 Å². The van der Waals surface area contributed by atoms with Crippen molar-refractivity contribution in [2.45, 2.75) is 47.1 Å². The average molecular weight is 325 g/mol. The molecule has 0 bridgehead atoms. The van der Waals surface area contributed by atoms with Crippen LogP contribution in [0, 0.1) is 27.7 Å². The van der Waals surface area contributed by atoms with E-state index in [1.54, 1.807) is 0 Å². The van der Waals surface area contributed by atoms with Crippen molar-refractivity contribution in [3.63, 3.8) is 0 Å². The Labute approximate surface area is 141 Å². The summed E-state index contributed by atoms with van der Waals surface area (Å²) in [6, 6.07) is 3.98. The van der Waals surface area contributed by atoms with Crippen molar-refractivity contribution < 1.29 is 4.79 Å². The van der Waals surface area contributed by atoms with Crippen LogP contribution in [0.3, 0.4) is 0 Å². The fourth-order valence-electron chi connectivity index (χ4n) is 3.10. The van der Waals surface area contributed by atoms with Gasteiger partial charge in [0.2, 0.25) is 5.91 Å². The molecule has 1 amide bonds. The summed E-state index contributed by atoms with van der Waals surface area (Å²) in [6.07, 6.45) is 0.337. The molecule has 1 unspecified atom stereocenters. The molecule has 3 N–H and O–H groups in total. The third-order valence-corrected chi connectivity index (χ3v) is 4.41. The molecule has 6 nitrogen and oxygen atoms in total. The van der Waals surface area contributed by atoms with Crippen LogP contribution >= 0.6 is 0 Å². The van der Waals surface area contributed by atoms with Crippen molar-refractivity contribution in [1.29, 1.82) is 0 Å². The minimum atomic E-state index is -0.226. The second kappa shape index (κ2) is 6.11. The molecule has 3 aromatic rings. The lowest BCUT2D eigenvalue weighted by Gasteiger charge is -2.11. The molecule has 1 aromatic carbocycles. The van der Waals surface area contributed by atoms with Gasteiger partial charge in [0.05, 0.1) is 12.5 Å². The van der Waals surface area contributed by atoms with Crippen LogP contribution < -0.4 is 5.32 Å². The number of aryl methyl sites for hydroxylation is 4. The lowest BCUT2D eigenvalue weighted by molar-refractivity contribution is -0.121. The zero-order valence-corrected chi connectivity index (χ0v) is 14.7. The van der Waals surface area contributed by atoms with E-state index in [9.17, 15) is 4.79 Å². The number of amides is 1. The zero-order chi connectivity index (χ0) is 17.4. The van der Waals surface area contributed by atoms with Crippen molar-refractivity contribution in [1.82, 2.24) is 25.5 Å². The number of aromatic nitrogens is 4. The Kier molecular flexibility index (Phi) is 4.13. The summed E-state index contributed by atoms with van der Waals surface area (Å²) in [4.78, 5) is 20.2. The van der Waals surface area contributed by atoms with Crippen LogP contribution in [0.4, 0.5) is 0 Å². The van der Waals surface area contributed by atoms with Gasteiger partial charge in [0.1, 0.15) is 5.82 Å². The first-order valence-electron chi connectivity index (χ1n) is 8.12. The van der Waals surface area contributed by atoms with Gasteiger partial charge in [-0.1, -0.05) is 12.1 Å². The van der Waals surface area contributed by atoms with Crippen LogP contribution in [0.1, 0.15) is 47.0 Å². The molecule has 2 aromatic heterocycles. The Hall–Kier alpha value is -2.63. The van der Waals surface area contributed by atoms with Gasteiger partial charge in [-0.2, -0.15) is 5.10 Å². The lowest BCUT2D eigenvalue weighted by atomic mass is 10.0. The first-order chi connectivity index (χ1) is 11.4. The Morgan fingerprint density at radius 2 is 1.92 bits per heavy atom. The number of nitrogens with zero attached hydrogens (tertiary/aromatic N) is 2. The summed E-state index contributed by atoms with van der Waals surface area (Å²) in [5, 5.41) is 11.0. The monoisotopic (exact) mass is 325 g/mol. The van der Waals surface area contributed by atoms with Crippen LogP contribution in [-0.4, -0.2) is 26.1 Å². The average Bonchev–Trinajstić information content (AvgIpc) is 3.08. The number of rotatable bonds is 4. The lowest BCUT2D eigenvalue weighted by Crippen LogP contribution is -2.29. The van der Waals surface area contributed by atoms with Crippen LogP contribution in [0.15, 0.2) is 12.1 Å². The summed E-state index contributed by atoms with van der Waals surface area (Å²) < 4.78 is 0. The minimum Gasteiger partial charge on any atom is -0.358 e. The number of H-pyrrole nitrogens is 2. The van der Waals surface area contributed by atoms with E-state index in [4.69, 9.17) is 0 Å². The number of benzene rings is 1. The quantitative estimate of drug-likeness (QED) is 0.689. The highest BCUT2D eigenvalue weighted by molar-refractivity contribution is 5.93. The van der Waals surface area contributed by atoms with E-state index in [0.29, 0.717) is 12.2 Å². The summed E-state index contributed by atoms with van der Waals surface area (Å²) in [5.41, 5.74) is 5.59. The molecule has 0 aliphatic rings. The largest absolute Gasteiger partial charge is 0.358 e. The third-order valence-electron chi connectivity index (χ3n) is 4.41. The Morgan fingerprint density at radius 1 is 1.21 bits per heavy atom. The molecule has 3 rings (SSSR count). The predicted octanol–water partition coefficient (Wildman–Crippen LogP) is 2.94. The van der Waals surface area contributed by atoms with Crippen LogP contribution in [0.25, 0.3) is 10.9 Å². The van der Waals surface area contributed by atoms with E-state index >= 15 is 0 Å². The molecule has 1 atom stereocenters. The molecule has 0 saturated heterocycles. The van der Waals surface area contributed by atoms with Crippen molar-refractivity contribution in [3.8, 4) is 0 Å². The molecule has 0 radical (unpaired) electrons. The summed E-state index contributed by atoms with van der Waals surface area (Å²) in [5.74, 6) is 1.31. The van der Waals surface area contributed by atoms with Gasteiger partial charge in [-0.3, -0.25) is 9.89 Å². The summed E-state index contributed by atoms with van der Waals surface area (Å²) in [7, 11) is 0. The van der Waals surface area contributed by atoms with E-state index in [0.717, 1.165) is 28.0 Å². The van der Waals surface area contributed by atoms with Crippen molar-refractivity contribution in [2.75, 3.05) is 0 Å². The number of hydrogen-bond donors (Lipinski definition) is 3. The van der Waals surface area contributed by atoms with E-state index < -0.39 is 0 Å². The Balaban J connectivity index is 1.83. The van der Waals surface area contributed by atoms with Crippen LogP contribution in [0.5, 0.6) is 0 Å². The van der Waals surface area contributed by atoms with Gasteiger partial charge in [-0.25, -0.2) is 4.98 Å². The minimum absolute atomic E-state index is 0.0325. The number of hydrogen-bond acceptors (Lipinski definition) is 3. The highest BCUT2D eigenvalue weighted by Crippen LogP contribution is 2.28. The summed E-state index contributed by atoms with van der Waals surface area (Å²) >= 11 is 0. The van der Waals surface area contributed by atoms with Gasteiger partial charge in [-0.05, 0) is 51.3 Å². The molecular formula is C18H23N5O. The fourth-order valence-corrected chi connectivity index (χ4v) is 3.10. The Bertz CT molecular complexity index is 906. The molecule has 0 saturated carbocycles. The first kappa shape index (κ1) is 16.2. The maximum atomic E-state index is 12.5. The maximum Gasteiger partial charge on any atom is 0.225 e. The molecule has 0 spiro atoms. The molecule has 2 heterocycles. The second-order valence-corrected chi connectivity index (χ2v) is 6.42. The van der Waals surface area contributed by atoms with Gasteiger partial charge >= 0.3 is 0 Å². The third kappa shape index (κ3) is 2.91. The molecule has 0 aliphatic carbocycles. The molecule has 24 heavy (non-hydrogen) atoms. The predicted molar refractivity (Wildman–Crippen MR) is 93.9 cm³/mol. The summed E-state index contributed by atoms with van der Waals surface area (Å²) in [6.45, 7) is 9.90. The zero-order valence-electron chi connectivity index (χ0n) is 14.7. The van der Waals surface area contributed by atoms with Gasteiger partial charge in [0.25, 0.3) is 0 Å². The Morgan fingerprint density at radius 3 is 2.58 bits per heavy atom. The van der Waals surface area contributed by atoms with E-state index in [1.807, 2.05) is 20.8 Å². The van der Waals surface area contributed by atoms with Gasteiger partial charge < -0.3 is 10.3 Å². The number of carbonyl (C=O) groups is 1. The first-order valence-corrected chi connectivity index (χ1v) is 8.12. The maximum absolute atomic E-state index is 12.5. The van der Waals surface area contributed by atoms with Gasteiger partial charge in [-0.15, -0.1) is 0 Å². The number of carbonyl (C=O) groups excluding carboxylic acids is 1. The van der Waals surface area contributed by atoms with E-state index in [-0.39, 0.29) is 11.9 Å². The second-order valence-electron chi connectivity index (χ2n) is 6.42. The van der Waals surface area contributed by atoms with Crippen molar-refractivity contribution in [2.24, 2.45) is 0 Å². The number of fused-ring (bicyclic) bond motifs is 1. The standard InChI is InChI=1S/C18H23N5O/c1-9-6-7-10(2)17-16(9)14(11(3)20-17)8-15(24)19-12(4)18-21-13(5)22-23-18/h6-7,12,20H,8H2,1-5H3,(H,19,24)(H,21,22,23). The number of aromatic amines is 2. The highest BCUT2D eigenvalue weighted by Gasteiger charge is 2.18. The molecule has 126 valence electrons. The molecule has 0 fully saturated rings. The molecular weight excluding hydrogens is 302 g/mol. The normalized spacial score (nSPS) is 12.5. The number of nitrogens with one attached hydrogen (secondary N) is 3. The SMILES string of the molecule is Cc1nc(C(C)NC(=O)Cc2c(C)[nH]c3c(C)ccc(C)c23)n[nH]1. The highest BCUT2D eigenvalue weighted by atomic mass is 16.1. The van der Waals surface area contributed by atoms with E-state index in [1.165, 1.54) is 11.1 Å². The molecule has 0 aliphatic heterocycles. The molecule has 6 heteroatoms. The van der Waals surface area contributed by atoms with Crippen molar-refractivity contribution in [3.05, 3.63) is 46.2 Å². The van der Waals surface area contributed by atoms with Crippen molar-refractivity contribution >= 4 is 16.8 Å². The van der Waals surface area contributed by atoms with Crippen LogP contribution in [-0.2, 0) is 11.2 Å². The van der Waals surface area contributed by atoms with Gasteiger partial charge in [0.15, 0.2) is 5.82 Å². The van der Waals surface area contributed by atoms with Gasteiger partial charge in [0, 0.05) is 16.6 Å². The fraction of sp³-hybridized carbons (Fsp3) is 0.389. The smallest absolute Gasteiger partial charge is 0.225 e. The van der Waals surface area contributed by atoms with E-state index in [2.05, 4.69) is 51.5 Å².